The van der Waals surface area contributed by atoms with Crippen molar-refractivity contribution >= 4 is 41.7 Å². The minimum absolute atomic E-state index is 0.0466. The molecule has 126 valence electrons. The Morgan fingerprint density at radius 3 is 3.00 bits per heavy atom. The van der Waals surface area contributed by atoms with Crippen LogP contribution in [0.15, 0.2) is 12.1 Å². The molecular weight excluding hydrogens is 354 g/mol. The summed E-state index contributed by atoms with van der Waals surface area (Å²) in [4.78, 5) is 15.6. The lowest BCUT2D eigenvalue weighted by Gasteiger charge is -2.14. The van der Waals surface area contributed by atoms with Crippen LogP contribution in [0.5, 0.6) is 10.9 Å². The van der Waals surface area contributed by atoms with Gasteiger partial charge in [0, 0.05) is 11.5 Å². The van der Waals surface area contributed by atoms with Gasteiger partial charge in [-0.05, 0) is 54.2 Å². The third-order valence-corrected chi connectivity index (χ3v) is 4.38. The second kappa shape index (κ2) is 7.06. The largest absolute Gasteiger partial charge is 0.492 e. The highest BCUT2D eigenvalue weighted by Gasteiger charge is 2.38. The van der Waals surface area contributed by atoms with Crippen molar-refractivity contribution in [2.24, 2.45) is 0 Å². The molecule has 2 aromatic rings. The van der Waals surface area contributed by atoms with Crippen LogP contribution >= 0.6 is 23.1 Å². The highest BCUT2D eigenvalue weighted by Crippen LogP contribution is 2.33. The molecular formula is C14H14BClN2O5S. The Balaban J connectivity index is 1.85. The lowest BCUT2D eigenvalue weighted by atomic mass is 9.77. The maximum Gasteiger partial charge on any atom is 0.492 e. The first-order valence-electron chi connectivity index (χ1n) is 7.28. The minimum atomic E-state index is -1.13. The summed E-state index contributed by atoms with van der Waals surface area (Å²) in [7, 11) is -1.13. The van der Waals surface area contributed by atoms with E-state index < -0.39 is 13.2 Å². The van der Waals surface area contributed by atoms with Crippen LogP contribution in [0.3, 0.4) is 0 Å². The van der Waals surface area contributed by atoms with Crippen LogP contribution in [0.2, 0.25) is 5.28 Å². The van der Waals surface area contributed by atoms with Crippen molar-refractivity contribution in [2.45, 2.75) is 26.4 Å². The number of ether oxygens (including phenoxy) is 2. The van der Waals surface area contributed by atoms with Gasteiger partial charge in [-0.15, -0.1) is 0 Å². The molecule has 0 spiro atoms. The van der Waals surface area contributed by atoms with Crippen LogP contribution in [0, 0.1) is 6.92 Å². The number of esters is 1. The van der Waals surface area contributed by atoms with Crippen molar-refractivity contribution < 1.29 is 23.9 Å². The quantitative estimate of drug-likeness (QED) is 0.637. The SMILES string of the molecule is CCOC(=O)CC1OB(O)c2cc(Oc3nc(Cl)ns3)cc(C)c21. The standard InChI is InChI=1S/C14H14BClN2O5S/c1-3-21-11(19)6-10-12-7(2)4-8(5-9(12)15(20)23-10)22-14-17-13(16)18-24-14/h4-5,10,20H,3,6H2,1-2H3. The lowest BCUT2D eigenvalue weighted by Crippen LogP contribution is -2.28. The molecule has 1 aliphatic rings. The normalized spacial score (nSPS) is 16.2. The second-order valence-electron chi connectivity index (χ2n) is 5.16. The van der Waals surface area contributed by atoms with Crippen molar-refractivity contribution in [1.82, 2.24) is 9.36 Å². The lowest BCUT2D eigenvalue weighted by molar-refractivity contribution is -0.145. The Bertz CT molecular complexity index is 772. The maximum atomic E-state index is 11.7. The zero-order valence-corrected chi connectivity index (χ0v) is 14.6. The molecule has 1 aromatic heterocycles. The number of hydrogen-bond acceptors (Lipinski definition) is 8. The van der Waals surface area contributed by atoms with Crippen molar-refractivity contribution in [3.8, 4) is 10.9 Å². The van der Waals surface area contributed by atoms with E-state index in [-0.39, 0.29) is 17.7 Å². The summed E-state index contributed by atoms with van der Waals surface area (Å²) in [5.41, 5.74) is 2.18. The monoisotopic (exact) mass is 368 g/mol. The molecule has 0 bridgehead atoms. The number of carbonyl (C=O) groups is 1. The molecule has 0 amide bonds. The molecule has 0 fully saturated rings. The van der Waals surface area contributed by atoms with Crippen LogP contribution < -0.4 is 10.2 Å². The van der Waals surface area contributed by atoms with Gasteiger partial charge in [0.05, 0.1) is 19.1 Å². The Morgan fingerprint density at radius 2 is 2.33 bits per heavy atom. The fraction of sp³-hybridized carbons (Fsp3) is 0.357. The minimum Gasteiger partial charge on any atom is -0.466 e. The van der Waals surface area contributed by atoms with Gasteiger partial charge in [-0.3, -0.25) is 4.79 Å². The number of carbonyl (C=O) groups excluding carboxylic acids is 1. The molecule has 1 aromatic carbocycles. The van der Waals surface area contributed by atoms with Crippen molar-refractivity contribution in [1.29, 1.82) is 0 Å². The number of aromatic nitrogens is 2. The first-order valence-corrected chi connectivity index (χ1v) is 8.43. The third-order valence-electron chi connectivity index (χ3n) is 3.52. The van der Waals surface area contributed by atoms with E-state index in [4.69, 9.17) is 25.7 Å². The third kappa shape index (κ3) is 3.54. The second-order valence-corrected chi connectivity index (χ2v) is 6.21. The Labute approximate surface area is 147 Å². The van der Waals surface area contributed by atoms with Crippen molar-refractivity contribution in [3.05, 3.63) is 28.5 Å². The highest BCUT2D eigenvalue weighted by molar-refractivity contribution is 7.07. The van der Waals surface area contributed by atoms with E-state index in [1.54, 1.807) is 19.1 Å². The highest BCUT2D eigenvalue weighted by atomic mass is 35.5. The zero-order valence-electron chi connectivity index (χ0n) is 13.0. The Morgan fingerprint density at radius 1 is 1.54 bits per heavy atom. The number of hydrogen-bond donors (Lipinski definition) is 1. The number of nitrogens with zero attached hydrogens (tertiary/aromatic N) is 2. The molecule has 1 aliphatic heterocycles. The van der Waals surface area contributed by atoms with Gasteiger partial charge in [-0.2, -0.15) is 9.36 Å². The van der Waals surface area contributed by atoms with Crippen LogP contribution in [0.25, 0.3) is 0 Å². The molecule has 7 nitrogen and oxygen atoms in total. The number of rotatable bonds is 5. The number of halogens is 1. The smallest absolute Gasteiger partial charge is 0.466 e. The first kappa shape index (κ1) is 17.2. The summed E-state index contributed by atoms with van der Waals surface area (Å²) in [6, 6.07) is 3.45. The van der Waals surface area contributed by atoms with Crippen LogP contribution in [0.1, 0.15) is 30.6 Å². The topological polar surface area (TPSA) is 90.8 Å². The predicted molar refractivity (Wildman–Crippen MR) is 88.9 cm³/mol. The number of fused-ring (bicyclic) bond motifs is 1. The van der Waals surface area contributed by atoms with Gasteiger partial charge in [0.2, 0.25) is 5.28 Å². The first-order chi connectivity index (χ1) is 11.5. The van der Waals surface area contributed by atoms with Gasteiger partial charge in [0.1, 0.15) is 5.75 Å². The molecule has 0 aliphatic carbocycles. The fourth-order valence-electron chi connectivity index (χ4n) is 2.65. The van der Waals surface area contributed by atoms with Gasteiger partial charge in [-0.25, -0.2) is 0 Å². The van der Waals surface area contributed by atoms with Crippen LogP contribution in [-0.2, 0) is 14.2 Å². The molecule has 1 unspecified atom stereocenters. The van der Waals surface area contributed by atoms with E-state index in [9.17, 15) is 9.82 Å². The van der Waals surface area contributed by atoms with Gasteiger partial charge >= 0.3 is 13.1 Å². The molecule has 0 saturated heterocycles. The molecule has 24 heavy (non-hydrogen) atoms. The summed E-state index contributed by atoms with van der Waals surface area (Å²) in [5, 5.41) is 10.6. The number of benzene rings is 1. The number of aryl methyl sites for hydroxylation is 1. The molecule has 10 heteroatoms. The molecule has 2 heterocycles. The summed E-state index contributed by atoms with van der Waals surface area (Å²) in [5.74, 6) is 0.115. The van der Waals surface area contributed by atoms with Gasteiger partial charge in [0.25, 0.3) is 5.19 Å². The van der Waals surface area contributed by atoms with Gasteiger partial charge < -0.3 is 19.2 Å². The summed E-state index contributed by atoms with van der Waals surface area (Å²) in [6.07, 6.45) is -0.496. The van der Waals surface area contributed by atoms with Gasteiger partial charge in [-0.1, -0.05) is 0 Å². The Hall–Kier alpha value is -1.68. The average Bonchev–Trinajstić information content (AvgIpc) is 3.04. The van der Waals surface area contributed by atoms with E-state index in [2.05, 4.69) is 9.36 Å². The summed E-state index contributed by atoms with van der Waals surface area (Å²) < 4.78 is 19.9. The van der Waals surface area contributed by atoms with E-state index in [0.29, 0.717) is 23.0 Å². The molecule has 0 saturated carbocycles. The summed E-state index contributed by atoms with van der Waals surface area (Å²) in [6.45, 7) is 3.90. The molecule has 1 N–H and O–H groups in total. The van der Waals surface area contributed by atoms with Crippen molar-refractivity contribution in [3.63, 3.8) is 0 Å². The van der Waals surface area contributed by atoms with E-state index in [0.717, 1.165) is 22.7 Å². The van der Waals surface area contributed by atoms with Gasteiger partial charge in [0.15, 0.2) is 0 Å². The van der Waals surface area contributed by atoms with E-state index in [1.165, 1.54) is 0 Å². The van der Waals surface area contributed by atoms with Crippen LogP contribution in [0.4, 0.5) is 0 Å². The molecule has 0 radical (unpaired) electrons. The van der Waals surface area contributed by atoms with E-state index >= 15 is 0 Å². The predicted octanol–water partition coefficient (Wildman–Crippen LogP) is 2.00. The Kier molecular flexibility index (Phi) is 5.05. The molecule has 1 atom stereocenters. The summed E-state index contributed by atoms with van der Waals surface area (Å²) >= 11 is 6.70. The molecule has 3 rings (SSSR count). The fourth-order valence-corrected chi connectivity index (χ4v) is 3.33. The average molecular weight is 369 g/mol. The maximum absolute atomic E-state index is 11.7. The van der Waals surface area contributed by atoms with Crippen LogP contribution in [-0.4, -0.2) is 34.1 Å². The zero-order chi connectivity index (χ0) is 17.3. The van der Waals surface area contributed by atoms with E-state index in [1.807, 2.05) is 6.92 Å². The van der Waals surface area contributed by atoms with Crippen molar-refractivity contribution in [2.75, 3.05) is 6.61 Å².